The zero-order valence-corrected chi connectivity index (χ0v) is 19.2. The zero-order valence-electron chi connectivity index (χ0n) is 17.6. The zero-order chi connectivity index (χ0) is 22.3. The van der Waals surface area contributed by atoms with E-state index in [0.717, 1.165) is 34.8 Å². The quantitative estimate of drug-likeness (QED) is 0.300. The van der Waals surface area contributed by atoms with Gasteiger partial charge in [0, 0.05) is 23.9 Å². The average molecular weight is 474 g/mol. The standard InChI is InChI=1S/C21H23N5O4S2/c1-29-19(28)10-14-12-32-21(22-14)25-18(27)13-31-20-15-4-2-3-5-16(15)23-17(24-20)11-26-6-8-30-9-7-26/h2-5,12H,6-11,13H2,1H3,(H,22,25,27). The van der Waals surface area contributed by atoms with Crippen molar-refractivity contribution in [3.05, 3.63) is 41.2 Å². The lowest BCUT2D eigenvalue weighted by Gasteiger charge is -2.25. The number of methoxy groups -OCH3 is 1. The Morgan fingerprint density at radius 3 is 2.84 bits per heavy atom. The van der Waals surface area contributed by atoms with Gasteiger partial charge in [0.15, 0.2) is 5.13 Å². The average Bonchev–Trinajstić information content (AvgIpc) is 3.24. The molecule has 0 bridgehead atoms. The van der Waals surface area contributed by atoms with E-state index in [4.69, 9.17) is 14.7 Å². The summed E-state index contributed by atoms with van der Waals surface area (Å²) in [6.07, 6.45) is 0.0798. The summed E-state index contributed by atoms with van der Waals surface area (Å²) < 4.78 is 10.1. The molecule has 0 unspecified atom stereocenters. The van der Waals surface area contributed by atoms with Crippen molar-refractivity contribution in [1.29, 1.82) is 0 Å². The molecule has 2 aromatic heterocycles. The van der Waals surface area contributed by atoms with E-state index in [9.17, 15) is 9.59 Å². The van der Waals surface area contributed by atoms with Crippen LogP contribution in [0.1, 0.15) is 11.5 Å². The van der Waals surface area contributed by atoms with Crippen LogP contribution in [0.25, 0.3) is 10.9 Å². The Labute approximate surface area is 193 Å². The molecule has 3 aromatic rings. The van der Waals surface area contributed by atoms with Crippen LogP contribution in [-0.4, -0.2) is 70.9 Å². The minimum atomic E-state index is -0.368. The molecule has 0 atom stereocenters. The first-order chi connectivity index (χ1) is 15.6. The van der Waals surface area contributed by atoms with E-state index in [0.29, 0.717) is 30.6 Å². The number of para-hydroxylation sites is 1. The number of anilines is 1. The van der Waals surface area contributed by atoms with E-state index in [-0.39, 0.29) is 24.1 Å². The third-order valence-electron chi connectivity index (χ3n) is 4.77. The number of hydrogen-bond donors (Lipinski definition) is 1. The van der Waals surface area contributed by atoms with Gasteiger partial charge in [-0.3, -0.25) is 14.5 Å². The molecule has 0 aliphatic carbocycles. The molecule has 9 nitrogen and oxygen atoms in total. The number of thioether (sulfide) groups is 1. The number of rotatable bonds is 8. The molecule has 1 aliphatic rings. The molecule has 0 radical (unpaired) electrons. The van der Waals surface area contributed by atoms with Crippen LogP contribution in [0.15, 0.2) is 34.7 Å². The topological polar surface area (TPSA) is 107 Å². The van der Waals surface area contributed by atoms with Crippen molar-refractivity contribution < 1.29 is 19.1 Å². The maximum Gasteiger partial charge on any atom is 0.311 e. The Bertz CT molecular complexity index is 1100. The van der Waals surface area contributed by atoms with Crippen molar-refractivity contribution in [1.82, 2.24) is 19.9 Å². The Kier molecular flexibility index (Phi) is 7.63. The van der Waals surface area contributed by atoms with Crippen LogP contribution < -0.4 is 5.32 Å². The molecule has 4 rings (SSSR count). The number of aromatic nitrogens is 3. The number of thiazole rings is 1. The molecule has 0 spiro atoms. The van der Waals surface area contributed by atoms with Crippen LogP contribution in [0.2, 0.25) is 0 Å². The number of benzene rings is 1. The van der Waals surface area contributed by atoms with E-state index in [1.807, 2.05) is 24.3 Å². The third-order valence-corrected chi connectivity index (χ3v) is 6.57. The fourth-order valence-electron chi connectivity index (χ4n) is 3.19. The molecule has 1 N–H and O–H groups in total. The maximum atomic E-state index is 12.5. The molecular weight excluding hydrogens is 450 g/mol. The van der Waals surface area contributed by atoms with Crippen LogP contribution in [0, 0.1) is 0 Å². The summed E-state index contributed by atoms with van der Waals surface area (Å²) in [6, 6.07) is 7.82. The van der Waals surface area contributed by atoms with Gasteiger partial charge in [-0.05, 0) is 6.07 Å². The SMILES string of the molecule is COC(=O)Cc1csc(NC(=O)CSc2nc(CN3CCOCC3)nc3ccccc23)n1. The monoisotopic (exact) mass is 473 g/mol. The fourth-order valence-corrected chi connectivity index (χ4v) is 4.75. The number of ether oxygens (including phenoxy) is 2. The first-order valence-electron chi connectivity index (χ1n) is 10.1. The molecule has 0 saturated carbocycles. The second-order valence-electron chi connectivity index (χ2n) is 7.08. The van der Waals surface area contributed by atoms with Gasteiger partial charge in [0.2, 0.25) is 5.91 Å². The second kappa shape index (κ2) is 10.8. The lowest BCUT2D eigenvalue weighted by molar-refractivity contribution is -0.139. The first kappa shape index (κ1) is 22.6. The molecule has 1 amide bonds. The largest absolute Gasteiger partial charge is 0.469 e. The minimum absolute atomic E-state index is 0.0798. The highest BCUT2D eigenvalue weighted by atomic mass is 32.2. The molecule has 11 heteroatoms. The summed E-state index contributed by atoms with van der Waals surface area (Å²) >= 11 is 2.65. The number of nitrogens with one attached hydrogen (secondary N) is 1. The number of carbonyl (C=O) groups is 2. The molecule has 32 heavy (non-hydrogen) atoms. The number of amides is 1. The van der Waals surface area contributed by atoms with Crippen LogP contribution in [-0.2, 0) is 32.0 Å². The molecule has 3 heterocycles. The van der Waals surface area contributed by atoms with Gasteiger partial charge in [0.25, 0.3) is 0 Å². The van der Waals surface area contributed by atoms with Gasteiger partial charge in [-0.2, -0.15) is 0 Å². The Morgan fingerprint density at radius 1 is 1.22 bits per heavy atom. The van der Waals surface area contributed by atoms with Gasteiger partial charge < -0.3 is 14.8 Å². The van der Waals surface area contributed by atoms with Gasteiger partial charge >= 0.3 is 5.97 Å². The van der Waals surface area contributed by atoms with Crippen molar-refractivity contribution in [2.24, 2.45) is 0 Å². The van der Waals surface area contributed by atoms with Gasteiger partial charge in [-0.25, -0.2) is 15.0 Å². The Morgan fingerprint density at radius 2 is 2.03 bits per heavy atom. The molecule has 168 valence electrons. The summed E-state index contributed by atoms with van der Waals surface area (Å²) in [5.74, 6) is 0.365. The van der Waals surface area contributed by atoms with Crippen molar-refractivity contribution in [3.8, 4) is 0 Å². The second-order valence-corrected chi connectivity index (χ2v) is 8.91. The number of nitrogens with zero attached hydrogens (tertiary/aromatic N) is 4. The van der Waals surface area contributed by atoms with E-state index < -0.39 is 0 Å². The van der Waals surface area contributed by atoms with Crippen LogP contribution in [0.5, 0.6) is 0 Å². The molecule has 1 aromatic carbocycles. The van der Waals surface area contributed by atoms with Crippen LogP contribution in [0.3, 0.4) is 0 Å². The summed E-state index contributed by atoms with van der Waals surface area (Å²) in [4.78, 5) is 39.8. The van der Waals surface area contributed by atoms with E-state index in [1.54, 1.807) is 5.38 Å². The van der Waals surface area contributed by atoms with E-state index in [2.05, 4.69) is 19.9 Å². The van der Waals surface area contributed by atoms with Crippen molar-refractivity contribution in [2.45, 2.75) is 18.0 Å². The third kappa shape index (κ3) is 6.00. The van der Waals surface area contributed by atoms with Crippen molar-refractivity contribution >= 4 is 51.0 Å². The highest BCUT2D eigenvalue weighted by Crippen LogP contribution is 2.26. The summed E-state index contributed by atoms with van der Waals surface area (Å²) in [5.41, 5.74) is 1.43. The number of fused-ring (bicyclic) bond motifs is 1. The summed E-state index contributed by atoms with van der Waals surface area (Å²) in [5, 5.41) is 6.67. The number of hydrogen-bond acceptors (Lipinski definition) is 10. The lowest BCUT2D eigenvalue weighted by atomic mass is 10.2. The highest BCUT2D eigenvalue weighted by Gasteiger charge is 2.16. The number of morpholine rings is 1. The van der Waals surface area contributed by atoms with E-state index >= 15 is 0 Å². The lowest BCUT2D eigenvalue weighted by Crippen LogP contribution is -2.36. The van der Waals surface area contributed by atoms with Gasteiger partial charge in [-0.1, -0.05) is 30.0 Å². The normalized spacial score (nSPS) is 14.4. The first-order valence-corrected chi connectivity index (χ1v) is 12.0. The van der Waals surface area contributed by atoms with Gasteiger partial charge in [0.1, 0.15) is 10.9 Å². The van der Waals surface area contributed by atoms with Crippen LogP contribution >= 0.6 is 23.1 Å². The summed E-state index contributed by atoms with van der Waals surface area (Å²) in [7, 11) is 1.33. The Hall–Kier alpha value is -2.60. The van der Waals surface area contributed by atoms with Gasteiger partial charge in [0.05, 0.1) is 50.3 Å². The number of esters is 1. The van der Waals surface area contributed by atoms with Gasteiger partial charge in [-0.15, -0.1) is 11.3 Å². The number of carbonyl (C=O) groups excluding carboxylic acids is 2. The van der Waals surface area contributed by atoms with Crippen molar-refractivity contribution in [2.75, 3.05) is 44.5 Å². The Balaban J connectivity index is 1.41. The molecule has 1 aliphatic heterocycles. The maximum absolute atomic E-state index is 12.5. The predicted molar refractivity (Wildman–Crippen MR) is 123 cm³/mol. The minimum Gasteiger partial charge on any atom is -0.469 e. The van der Waals surface area contributed by atoms with Crippen molar-refractivity contribution in [3.63, 3.8) is 0 Å². The van der Waals surface area contributed by atoms with E-state index in [1.165, 1.54) is 30.2 Å². The molecule has 1 fully saturated rings. The molecular formula is C21H23N5O4S2. The summed E-state index contributed by atoms with van der Waals surface area (Å²) in [6.45, 7) is 3.79. The fraction of sp³-hybridized carbons (Fsp3) is 0.381. The van der Waals surface area contributed by atoms with Crippen LogP contribution in [0.4, 0.5) is 5.13 Å². The molecule has 1 saturated heterocycles. The predicted octanol–water partition coefficient (Wildman–Crippen LogP) is 2.36. The highest BCUT2D eigenvalue weighted by molar-refractivity contribution is 8.00. The smallest absolute Gasteiger partial charge is 0.311 e.